The average Bonchev–Trinajstić information content (AvgIpc) is 2.54. The molecule has 2 unspecified atom stereocenters. The van der Waals surface area contributed by atoms with Gasteiger partial charge < -0.3 is 15.2 Å². The molecule has 0 radical (unpaired) electrons. The van der Waals surface area contributed by atoms with Gasteiger partial charge in [0.2, 0.25) is 0 Å². The van der Waals surface area contributed by atoms with E-state index in [4.69, 9.17) is 16.3 Å². The highest BCUT2D eigenvalue weighted by Gasteiger charge is 2.20. The lowest BCUT2D eigenvalue weighted by Crippen LogP contribution is -2.37. The van der Waals surface area contributed by atoms with Gasteiger partial charge in [0, 0.05) is 6.20 Å². The molecule has 0 spiro atoms. The number of hydrogen-bond donors (Lipinski definition) is 2. The van der Waals surface area contributed by atoms with Gasteiger partial charge >= 0.3 is 0 Å². The molecule has 1 aromatic heterocycles. The number of aliphatic hydroxyl groups is 1. The van der Waals surface area contributed by atoms with E-state index in [-0.39, 0.29) is 16.6 Å². The van der Waals surface area contributed by atoms with Crippen molar-refractivity contribution in [1.29, 1.82) is 0 Å². The highest BCUT2D eigenvalue weighted by molar-refractivity contribution is 6.32. The summed E-state index contributed by atoms with van der Waals surface area (Å²) in [5, 5.41) is 13.2. The van der Waals surface area contributed by atoms with Crippen LogP contribution in [0.5, 0.6) is 5.75 Å². The maximum Gasteiger partial charge on any atom is 0.254 e. The van der Waals surface area contributed by atoms with Crippen LogP contribution in [0.3, 0.4) is 0 Å². The van der Waals surface area contributed by atoms with Gasteiger partial charge in [-0.1, -0.05) is 23.7 Å². The second kappa shape index (κ2) is 7.24. The fourth-order valence-electron chi connectivity index (χ4n) is 2.01. The molecule has 0 aliphatic rings. The molecule has 2 N–H and O–H groups in total. The SMILES string of the molecule is COc1ccc(C(O)C(C)NC(=O)c2cccnc2Cl)cc1. The van der Waals surface area contributed by atoms with E-state index in [1.165, 1.54) is 6.20 Å². The van der Waals surface area contributed by atoms with Gasteiger partial charge in [-0.15, -0.1) is 0 Å². The van der Waals surface area contributed by atoms with Crippen LogP contribution in [0.1, 0.15) is 28.9 Å². The van der Waals surface area contributed by atoms with Crippen molar-refractivity contribution < 1.29 is 14.6 Å². The lowest BCUT2D eigenvalue weighted by atomic mass is 10.0. The van der Waals surface area contributed by atoms with Crippen molar-refractivity contribution in [1.82, 2.24) is 10.3 Å². The van der Waals surface area contributed by atoms with Crippen molar-refractivity contribution in [2.24, 2.45) is 0 Å². The molecule has 0 saturated heterocycles. The Labute approximate surface area is 133 Å². The first kappa shape index (κ1) is 16.3. The third-order valence-electron chi connectivity index (χ3n) is 3.29. The first-order chi connectivity index (χ1) is 10.5. The Kier molecular flexibility index (Phi) is 5.35. The topological polar surface area (TPSA) is 71.5 Å². The predicted octanol–water partition coefficient (Wildman–Crippen LogP) is 2.60. The Hall–Kier alpha value is -2.11. The minimum Gasteiger partial charge on any atom is -0.497 e. The number of carbonyl (C=O) groups is 1. The standard InChI is InChI=1S/C16H17ClN2O3/c1-10(14(20)11-5-7-12(22-2)8-6-11)19-16(21)13-4-3-9-18-15(13)17/h3-10,14,20H,1-2H3,(H,19,21). The summed E-state index contributed by atoms with van der Waals surface area (Å²) >= 11 is 5.88. The molecular formula is C16H17ClN2O3. The summed E-state index contributed by atoms with van der Waals surface area (Å²) in [4.78, 5) is 16.0. The molecule has 6 heteroatoms. The van der Waals surface area contributed by atoms with Crippen molar-refractivity contribution in [3.63, 3.8) is 0 Å². The molecule has 22 heavy (non-hydrogen) atoms. The maximum atomic E-state index is 12.1. The maximum absolute atomic E-state index is 12.1. The largest absolute Gasteiger partial charge is 0.497 e. The molecule has 2 atom stereocenters. The van der Waals surface area contributed by atoms with Gasteiger partial charge in [0.1, 0.15) is 10.9 Å². The minimum absolute atomic E-state index is 0.131. The van der Waals surface area contributed by atoms with Crippen LogP contribution in [0.2, 0.25) is 5.15 Å². The van der Waals surface area contributed by atoms with Gasteiger partial charge in [-0.25, -0.2) is 4.98 Å². The predicted molar refractivity (Wildman–Crippen MR) is 84.1 cm³/mol. The first-order valence-corrected chi connectivity index (χ1v) is 7.14. The van der Waals surface area contributed by atoms with Gasteiger partial charge in [-0.2, -0.15) is 0 Å². The van der Waals surface area contributed by atoms with E-state index >= 15 is 0 Å². The van der Waals surface area contributed by atoms with Crippen LogP contribution in [-0.2, 0) is 0 Å². The number of methoxy groups -OCH3 is 1. The van der Waals surface area contributed by atoms with Crippen molar-refractivity contribution >= 4 is 17.5 Å². The van der Waals surface area contributed by atoms with Crippen molar-refractivity contribution in [3.8, 4) is 5.75 Å². The summed E-state index contributed by atoms with van der Waals surface area (Å²) in [6.07, 6.45) is 0.666. The summed E-state index contributed by atoms with van der Waals surface area (Å²) in [6.45, 7) is 1.72. The van der Waals surface area contributed by atoms with Gasteiger partial charge in [0.05, 0.1) is 24.8 Å². The van der Waals surface area contributed by atoms with Crippen LogP contribution in [0, 0.1) is 0 Å². The monoisotopic (exact) mass is 320 g/mol. The molecular weight excluding hydrogens is 304 g/mol. The lowest BCUT2D eigenvalue weighted by Gasteiger charge is -2.21. The second-order valence-electron chi connectivity index (χ2n) is 4.82. The third kappa shape index (κ3) is 3.75. The summed E-state index contributed by atoms with van der Waals surface area (Å²) < 4.78 is 5.07. The molecule has 5 nitrogen and oxygen atoms in total. The van der Waals surface area contributed by atoms with Crippen LogP contribution in [0.15, 0.2) is 42.6 Å². The normalized spacial score (nSPS) is 13.3. The van der Waals surface area contributed by atoms with Crippen LogP contribution < -0.4 is 10.1 Å². The number of carbonyl (C=O) groups excluding carboxylic acids is 1. The quantitative estimate of drug-likeness (QED) is 0.831. The molecule has 1 aromatic carbocycles. The first-order valence-electron chi connectivity index (χ1n) is 6.76. The van der Waals surface area contributed by atoms with E-state index in [2.05, 4.69) is 10.3 Å². The zero-order valence-corrected chi connectivity index (χ0v) is 13.0. The van der Waals surface area contributed by atoms with Crippen LogP contribution in [0.4, 0.5) is 0 Å². The van der Waals surface area contributed by atoms with Crippen molar-refractivity contribution in [2.45, 2.75) is 19.1 Å². The summed E-state index contributed by atoms with van der Waals surface area (Å²) in [6, 6.07) is 9.74. The molecule has 0 fully saturated rings. The average molecular weight is 321 g/mol. The van der Waals surface area contributed by atoms with Crippen LogP contribution >= 0.6 is 11.6 Å². The fourth-order valence-corrected chi connectivity index (χ4v) is 2.21. The zero-order valence-electron chi connectivity index (χ0n) is 12.3. The number of aromatic nitrogens is 1. The van der Waals surface area contributed by atoms with E-state index in [0.717, 1.165) is 0 Å². The highest BCUT2D eigenvalue weighted by atomic mass is 35.5. The molecule has 116 valence electrons. The Morgan fingerprint density at radius 3 is 2.59 bits per heavy atom. The van der Waals surface area contributed by atoms with Gasteiger partial charge in [-0.05, 0) is 36.8 Å². The fraction of sp³-hybridized carbons (Fsp3) is 0.250. The number of halogens is 1. The van der Waals surface area contributed by atoms with Crippen molar-refractivity contribution in [2.75, 3.05) is 7.11 Å². The van der Waals surface area contributed by atoms with E-state index in [1.807, 2.05) is 0 Å². The molecule has 2 aromatic rings. The van der Waals surface area contributed by atoms with E-state index in [1.54, 1.807) is 50.4 Å². The highest BCUT2D eigenvalue weighted by Crippen LogP contribution is 2.21. The molecule has 2 rings (SSSR count). The molecule has 0 saturated carbocycles. The van der Waals surface area contributed by atoms with E-state index < -0.39 is 12.1 Å². The molecule has 1 amide bonds. The molecule has 0 bridgehead atoms. The third-order valence-corrected chi connectivity index (χ3v) is 3.59. The number of ether oxygens (including phenoxy) is 1. The number of benzene rings is 1. The van der Waals surface area contributed by atoms with Crippen molar-refractivity contribution in [3.05, 3.63) is 58.9 Å². The number of rotatable bonds is 5. The van der Waals surface area contributed by atoms with E-state index in [9.17, 15) is 9.90 Å². The lowest BCUT2D eigenvalue weighted by molar-refractivity contribution is 0.0852. The number of aliphatic hydroxyl groups excluding tert-OH is 1. The molecule has 0 aliphatic carbocycles. The van der Waals surface area contributed by atoms with Crippen LogP contribution in [0.25, 0.3) is 0 Å². The van der Waals surface area contributed by atoms with E-state index in [0.29, 0.717) is 11.3 Å². The molecule has 0 aliphatic heterocycles. The Balaban J connectivity index is 2.06. The zero-order chi connectivity index (χ0) is 16.1. The summed E-state index contributed by atoms with van der Waals surface area (Å²) in [5.41, 5.74) is 0.962. The van der Waals surface area contributed by atoms with Gasteiger partial charge in [0.15, 0.2) is 0 Å². The number of nitrogens with one attached hydrogen (secondary N) is 1. The molecule has 1 heterocycles. The number of pyridine rings is 1. The van der Waals surface area contributed by atoms with Crippen LogP contribution in [-0.4, -0.2) is 29.1 Å². The number of amides is 1. The smallest absolute Gasteiger partial charge is 0.254 e. The number of hydrogen-bond acceptors (Lipinski definition) is 4. The van der Waals surface area contributed by atoms with Gasteiger partial charge in [-0.3, -0.25) is 4.79 Å². The van der Waals surface area contributed by atoms with Gasteiger partial charge in [0.25, 0.3) is 5.91 Å². The Bertz CT molecular complexity index is 646. The Morgan fingerprint density at radius 2 is 2.00 bits per heavy atom. The Morgan fingerprint density at radius 1 is 1.32 bits per heavy atom. The minimum atomic E-state index is -0.842. The summed E-state index contributed by atoms with van der Waals surface area (Å²) in [5.74, 6) is 0.327. The summed E-state index contributed by atoms with van der Waals surface area (Å²) in [7, 11) is 1.58. The number of nitrogens with zero attached hydrogens (tertiary/aromatic N) is 1. The second-order valence-corrected chi connectivity index (χ2v) is 5.18.